The monoisotopic (exact) mass is 332 g/mol. The third-order valence-electron chi connectivity index (χ3n) is 4.10. The Morgan fingerprint density at radius 3 is 2.96 bits per heavy atom. The highest BCUT2D eigenvalue weighted by atomic mass is 32.1. The van der Waals surface area contributed by atoms with Crippen LogP contribution in [0.4, 0.5) is 4.79 Å². The van der Waals surface area contributed by atoms with Crippen LogP contribution in [0.25, 0.3) is 10.2 Å². The lowest BCUT2D eigenvalue weighted by molar-refractivity contribution is -0.120. The molecule has 0 unspecified atom stereocenters. The van der Waals surface area contributed by atoms with E-state index in [0.717, 1.165) is 29.9 Å². The molecule has 1 atom stereocenters. The highest BCUT2D eigenvalue weighted by Gasteiger charge is 2.27. The topological polar surface area (TPSA) is 88.3 Å². The van der Waals surface area contributed by atoms with Crippen molar-refractivity contribution in [3.8, 4) is 0 Å². The Labute approximate surface area is 138 Å². The molecule has 1 aliphatic heterocycles. The van der Waals surface area contributed by atoms with Crippen molar-refractivity contribution in [1.29, 1.82) is 0 Å². The summed E-state index contributed by atoms with van der Waals surface area (Å²) in [6.45, 7) is 1.56. The highest BCUT2D eigenvalue weighted by Crippen LogP contribution is 2.35. The van der Waals surface area contributed by atoms with Crippen molar-refractivity contribution < 1.29 is 9.59 Å². The van der Waals surface area contributed by atoms with Crippen molar-refractivity contribution >= 4 is 33.5 Å². The summed E-state index contributed by atoms with van der Waals surface area (Å²) in [5.41, 5.74) is 6.00. The Hall–Kier alpha value is -1.99. The predicted octanol–water partition coefficient (Wildman–Crippen LogP) is 2.41. The Morgan fingerprint density at radius 1 is 1.35 bits per heavy atom. The second-order valence-electron chi connectivity index (χ2n) is 5.73. The van der Waals surface area contributed by atoms with Crippen LogP contribution in [0.5, 0.6) is 0 Å². The molecule has 1 aromatic heterocycles. The lowest BCUT2D eigenvalue weighted by atomic mass is 10.0. The number of hydrogen-bond acceptors (Lipinski definition) is 5. The van der Waals surface area contributed by atoms with E-state index in [1.807, 2.05) is 18.2 Å². The minimum atomic E-state index is -0.795. The van der Waals surface area contributed by atoms with Gasteiger partial charge in [0.1, 0.15) is 5.01 Å². The number of carbonyl (C=O) groups excluding carboxylic acids is 2. The number of hydrogen-bond donors (Lipinski definition) is 2. The molecule has 0 saturated carbocycles. The molecular weight excluding hydrogens is 312 g/mol. The fraction of sp³-hybridized carbons (Fsp3) is 0.438. The van der Waals surface area contributed by atoms with Crippen LogP contribution >= 0.6 is 11.3 Å². The number of urea groups is 1. The first-order valence-electron chi connectivity index (χ1n) is 7.82. The van der Waals surface area contributed by atoms with Gasteiger partial charge in [-0.1, -0.05) is 18.6 Å². The summed E-state index contributed by atoms with van der Waals surface area (Å²) in [7, 11) is 0. The van der Waals surface area contributed by atoms with Gasteiger partial charge >= 0.3 is 6.03 Å². The van der Waals surface area contributed by atoms with Gasteiger partial charge in [0.2, 0.25) is 5.91 Å². The quantitative estimate of drug-likeness (QED) is 0.900. The summed E-state index contributed by atoms with van der Waals surface area (Å²) >= 11 is 1.73. The van der Waals surface area contributed by atoms with Gasteiger partial charge in [-0.05, 0) is 31.5 Å². The number of piperidine rings is 1. The van der Waals surface area contributed by atoms with Crippen molar-refractivity contribution in [1.82, 2.24) is 15.2 Å². The third kappa shape index (κ3) is 3.86. The molecule has 7 heteroatoms. The van der Waals surface area contributed by atoms with E-state index in [9.17, 15) is 9.59 Å². The average molecular weight is 332 g/mol. The summed E-state index contributed by atoms with van der Waals surface area (Å²) in [6.07, 6.45) is 3.62. The Balaban J connectivity index is 1.70. The van der Waals surface area contributed by atoms with Gasteiger partial charge in [0, 0.05) is 13.0 Å². The first-order chi connectivity index (χ1) is 11.1. The molecule has 122 valence electrons. The Kier molecular flexibility index (Phi) is 4.88. The van der Waals surface area contributed by atoms with E-state index in [1.54, 1.807) is 11.3 Å². The molecule has 3 rings (SSSR count). The number of primary amides is 1. The van der Waals surface area contributed by atoms with Crippen molar-refractivity contribution in [2.45, 2.75) is 31.7 Å². The van der Waals surface area contributed by atoms with E-state index >= 15 is 0 Å². The minimum Gasteiger partial charge on any atom is -0.351 e. The number of benzene rings is 1. The van der Waals surface area contributed by atoms with Crippen LogP contribution in [0.15, 0.2) is 24.3 Å². The van der Waals surface area contributed by atoms with Gasteiger partial charge in [-0.25, -0.2) is 9.78 Å². The molecule has 23 heavy (non-hydrogen) atoms. The summed E-state index contributed by atoms with van der Waals surface area (Å²) in [6, 6.07) is 7.60. The number of nitrogens with two attached hydrogens (primary N) is 1. The first kappa shape index (κ1) is 15.9. The number of fused-ring (bicyclic) bond motifs is 1. The lowest BCUT2D eigenvalue weighted by Crippen LogP contribution is -2.39. The van der Waals surface area contributed by atoms with Gasteiger partial charge in [-0.2, -0.15) is 0 Å². The molecule has 0 aliphatic carbocycles. The summed E-state index contributed by atoms with van der Waals surface area (Å²) in [5.74, 6) is -0.328. The molecule has 6 nitrogen and oxygen atoms in total. The fourth-order valence-electron chi connectivity index (χ4n) is 3.02. The second-order valence-corrected chi connectivity index (χ2v) is 6.79. The van der Waals surface area contributed by atoms with Crippen LogP contribution in [-0.4, -0.2) is 34.9 Å². The molecule has 0 spiro atoms. The minimum absolute atomic E-state index is 0.252. The molecule has 0 radical (unpaired) electrons. The summed E-state index contributed by atoms with van der Waals surface area (Å²) in [5, 5.41) is 3.23. The smallest absolute Gasteiger partial charge is 0.318 e. The first-order valence-corrected chi connectivity index (χ1v) is 8.64. The van der Waals surface area contributed by atoms with E-state index in [1.165, 1.54) is 11.1 Å². The van der Waals surface area contributed by atoms with E-state index in [0.29, 0.717) is 6.54 Å². The predicted molar refractivity (Wildman–Crippen MR) is 90.1 cm³/mol. The van der Waals surface area contributed by atoms with Crippen molar-refractivity contribution in [3.05, 3.63) is 29.3 Å². The van der Waals surface area contributed by atoms with Crippen LogP contribution < -0.4 is 11.1 Å². The van der Waals surface area contributed by atoms with Gasteiger partial charge in [0.15, 0.2) is 0 Å². The van der Waals surface area contributed by atoms with Crippen molar-refractivity contribution in [2.24, 2.45) is 5.73 Å². The van der Waals surface area contributed by atoms with Crippen molar-refractivity contribution in [3.63, 3.8) is 0 Å². The number of likely N-dealkylation sites (tertiary alicyclic amines) is 1. The fourth-order valence-corrected chi connectivity index (χ4v) is 4.15. The van der Waals surface area contributed by atoms with Crippen LogP contribution in [0.1, 0.15) is 36.7 Å². The van der Waals surface area contributed by atoms with E-state index < -0.39 is 6.03 Å². The van der Waals surface area contributed by atoms with Crippen LogP contribution in [0, 0.1) is 0 Å². The van der Waals surface area contributed by atoms with Crippen LogP contribution in [0.3, 0.4) is 0 Å². The number of para-hydroxylation sites is 1. The van der Waals surface area contributed by atoms with Gasteiger partial charge in [-0.15, -0.1) is 11.3 Å². The zero-order valence-corrected chi connectivity index (χ0v) is 13.6. The van der Waals surface area contributed by atoms with Gasteiger partial charge in [-0.3, -0.25) is 15.0 Å². The van der Waals surface area contributed by atoms with Gasteiger partial charge < -0.3 is 5.73 Å². The number of thiazole rings is 1. The number of amides is 3. The number of aromatic nitrogens is 1. The molecule has 2 aromatic rings. The number of nitrogens with zero attached hydrogens (tertiary/aromatic N) is 2. The second kappa shape index (κ2) is 7.06. The molecule has 3 N–H and O–H groups in total. The van der Waals surface area contributed by atoms with Gasteiger partial charge in [0.25, 0.3) is 0 Å². The number of nitrogens with one attached hydrogen (secondary N) is 1. The molecule has 0 bridgehead atoms. The zero-order valence-electron chi connectivity index (χ0n) is 12.8. The average Bonchev–Trinajstić information content (AvgIpc) is 2.96. The third-order valence-corrected chi connectivity index (χ3v) is 5.24. The maximum atomic E-state index is 11.6. The maximum Gasteiger partial charge on any atom is 0.318 e. The maximum absolute atomic E-state index is 11.6. The highest BCUT2D eigenvalue weighted by molar-refractivity contribution is 7.18. The van der Waals surface area contributed by atoms with Gasteiger partial charge in [0.05, 0.1) is 16.3 Å². The molecular formula is C16H20N4O2S. The normalized spacial score (nSPS) is 18.9. The number of imide groups is 1. The molecule has 3 amide bonds. The van der Waals surface area contributed by atoms with E-state index in [4.69, 9.17) is 10.7 Å². The Bertz CT molecular complexity index is 682. The molecule has 1 fully saturated rings. The lowest BCUT2D eigenvalue weighted by Gasteiger charge is -2.34. The molecule has 1 aromatic carbocycles. The number of carbonyl (C=O) groups is 2. The molecule has 1 saturated heterocycles. The zero-order chi connectivity index (χ0) is 16.2. The number of rotatable bonds is 4. The SMILES string of the molecule is NC(=O)NC(=O)CCN1CCCC[C@@H]1c1nc2ccccc2s1. The van der Waals surface area contributed by atoms with E-state index in [-0.39, 0.29) is 18.4 Å². The largest absolute Gasteiger partial charge is 0.351 e. The van der Waals surface area contributed by atoms with Crippen molar-refractivity contribution in [2.75, 3.05) is 13.1 Å². The van der Waals surface area contributed by atoms with E-state index in [2.05, 4.69) is 16.3 Å². The standard InChI is InChI=1S/C16H20N4O2S/c17-16(22)19-14(21)8-10-20-9-4-3-6-12(20)15-18-11-5-1-2-7-13(11)23-15/h1-2,5,7,12H,3-4,6,8-10H2,(H3,17,19,21,22)/t12-/m1/s1. The summed E-state index contributed by atoms with van der Waals surface area (Å²) < 4.78 is 1.19. The molecule has 2 heterocycles. The Morgan fingerprint density at radius 2 is 2.17 bits per heavy atom. The summed E-state index contributed by atoms with van der Waals surface area (Å²) in [4.78, 5) is 29.4. The molecule has 1 aliphatic rings. The van der Waals surface area contributed by atoms with Crippen LogP contribution in [0.2, 0.25) is 0 Å². The van der Waals surface area contributed by atoms with Crippen LogP contribution in [-0.2, 0) is 4.79 Å².